The number of hydrogen-bond acceptors (Lipinski definition) is 6. The van der Waals surface area contributed by atoms with Crippen LogP contribution in [0.3, 0.4) is 0 Å². The van der Waals surface area contributed by atoms with E-state index in [9.17, 15) is 4.79 Å². The first-order valence-corrected chi connectivity index (χ1v) is 10.3. The summed E-state index contributed by atoms with van der Waals surface area (Å²) in [6.45, 7) is 4.10. The zero-order valence-corrected chi connectivity index (χ0v) is 16.2. The molecule has 0 aliphatic carbocycles. The molecule has 4 rings (SSSR count). The molecular formula is C19H15NO2S3. The Hall–Kier alpha value is -2.02. The van der Waals surface area contributed by atoms with Gasteiger partial charge >= 0.3 is 5.97 Å². The van der Waals surface area contributed by atoms with Gasteiger partial charge in [0.25, 0.3) is 0 Å². The maximum Gasteiger partial charge on any atom is 0.367 e. The standard InChI is InChI=1S/C19H15NO2S3/c1-3-22-19(21)18-20-11(2)17(25-18)15-9-8-14(24-15)16-10-12-6-4-5-7-13(12)23-16/h4-10H,3H2,1-2H3. The summed E-state index contributed by atoms with van der Waals surface area (Å²) in [6.07, 6.45) is 0. The second kappa shape index (κ2) is 6.71. The highest BCUT2D eigenvalue weighted by atomic mass is 32.1. The van der Waals surface area contributed by atoms with Crippen molar-refractivity contribution in [2.45, 2.75) is 13.8 Å². The average Bonchev–Trinajstić information content (AvgIpc) is 3.31. The second-order valence-corrected chi connectivity index (χ2v) is 8.63. The van der Waals surface area contributed by atoms with Gasteiger partial charge < -0.3 is 4.74 Å². The summed E-state index contributed by atoms with van der Waals surface area (Å²) in [4.78, 5) is 21.0. The van der Waals surface area contributed by atoms with E-state index in [0.29, 0.717) is 11.6 Å². The van der Waals surface area contributed by atoms with E-state index in [0.717, 1.165) is 15.4 Å². The summed E-state index contributed by atoms with van der Waals surface area (Å²) in [6, 6.07) is 14.9. The van der Waals surface area contributed by atoms with E-state index in [1.807, 2.05) is 6.92 Å². The van der Waals surface area contributed by atoms with Crippen LogP contribution in [0.2, 0.25) is 0 Å². The number of thiophene rings is 2. The predicted octanol–water partition coefficient (Wildman–Crippen LogP) is 6.24. The van der Waals surface area contributed by atoms with Crippen LogP contribution < -0.4 is 0 Å². The lowest BCUT2D eigenvalue weighted by molar-refractivity contribution is 0.0525. The SMILES string of the molecule is CCOC(=O)c1nc(C)c(-c2ccc(-c3cc4ccccc4s3)s2)s1. The molecule has 1 aromatic carbocycles. The average molecular weight is 386 g/mol. The minimum atomic E-state index is -0.344. The lowest BCUT2D eigenvalue weighted by Gasteiger charge is -1.95. The molecule has 0 radical (unpaired) electrons. The molecule has 0 amide bonds. The zero-order valence-electron chi connectivity index (χ0n) is 13.7. The number of hydrogen-bond donors (Lipinski definition) is 0. The van der Waals surface area contributed by atoms with Gasteiger partial charge in [0.05, 0.1) is 17.2 Å². The highest BCUT2D eigenvalue weighted by Crippen LogP contribution is 2.42. The summed E-state index contributed by atoms with van der Waals surface area (Å²) in [5.41, 5.74) is 0.873. The topological polar surface area (TPSA) is 39.2 Å². The van der Waals surface area contributed by atoms with E-state index < -0.39 is 0 Å². The van der Waals surface area contributed by atoms with E-state index in [1.54, 1.807) is 29.6 Å². The fourth-order valence-corrected chi connectivity index (χ4v) is 5.87. The van der Waals surface area contributed by atoms with Gasteiger partial charge in [0, 0.05) is 19.3 Å². The third-order valence-corrected chi connectivity index (χ3v) is 7.46. The van der Waals surface area contributed by atoms with Gasteiger partial charge in [-0.3, -0.25) is 0 Å². The highest BCUT2D eigenvalue weighted by Gasteiger charge is 2.18. The number of carbonyl (C=O) groups is 1. The molecule has 0 aliphatic rings. The Morgan fingerprint density at radius 3 is 2.64 bits per heavy atom. The predicted molar refractivity (Wildman–Crippen MR) is 107 cm³/mol. The largest absolute Gasteiger partial charge is 0.461 e. The number of ether oxygens (including phenoxy) is 1. The minimum Gasteiger partial charge on any atom is -0.461 e. The summed E-state index contributed by atoms with van der Waals surface area (Å²) < 4.78 is 6.35. The maximum absolute atomic E-state index is 11.9. The van der Waals surface area contributed by atoms with Gasteiger partial charge in [-0.05, 0) is 43.5 Å². The molecule has 3 heterocycles. The molecule has 0 spiro atoms. The fourth-order valence-electron chi connectivity index (χ4n) is 2.60. The van der Waals surface area contributed by atoms with Crippen LogP contribution >= 0.6 is 34.0 Å². The molecule has 25 heavy (non-hydrogen) atoms. The molecule has 0 N–H and O–H groups in total. The summed E-state index contributed by atoms with van der Waals surface area (Å²) in [7, 11) is 0. The van der Waals surface area contributed by atoms with Crippen molar-refractivity contribution in [3.63, 3.8) is 0 Å². The van der Waals surface area contributed by atoms with Crippen LogP contribution in [-0.2, 0) is 4.74 Å². The number of carbonyl (C=O) groups excluding carboxylic acids is 1. The van der Waals surface area contributed by atoms with Crippen LogP contribution in [0.25, 0.3) is 29.6 Å². The minimum absolute atomic E-state index is 0.344. The molecular weight excluding hydrogens is 370 g/mol. The Balaban J connectivity index is 1.68. The molecule has 0 aliphatic heterocycles. The Labute approximate surface area is 157 Å². The lowest BCUT2D eigenvalue weighted by atomic mass is 10.2. The third kappa shape index (κ3) is 3.13. The summed E-state index contributed by atoms with van der Waals surface area (Å²) in [5.74, 6) is -0.344. The number of fused-ring (bicyclic) bond motifs is 1. The van der Waals surface area contributed by atoms with Gasteiger partial charge in [0.15, 0.2) is 0 Å². The molecule has 0 fully saturated rings. The number of esters is 1. The van der Waals surface area contributed by atoms with Crippen molar-refractivity contribution in [1.29, 1.82) is 0 Å². The van der Waals surface area contributed by atoms with Crippen molar-refractivity contribution in [3.05, 3.63) is 53.2 Å². The molecule has 0 saturated carbocycles. The second-order valence-electron chi connectivity index (χ2n) is 5.47. The van der Waals surface area contributed by atoms with Crippen molar-refractivity contribution in [1.82, 2.24) is 4.98 Å². The number of aromatic nitrogens is 1. The van der Waals surface area contributed by atoms with Crippen molar-refractivity contribution in [3.8, 4) is 19.5 Å². The van der Waals surface area contributed by atoms with E-state index in [1.165, 1.54) is 31.2 Å². The lowest BCUT2D eigenvalue weighted by Crippen LogP contribution is -2.03. The van der Waals surface area contributed by atoms with Crippen molar-refractivity contribution < 1.29 is 9.53 Å². The monoisotopic (exact) mass is 385 g/mol. The van der Waals surface area contributed by atoms with E-state index in [-0.39, 0.29) is 5.97 Å². The molecule has 0 saturated heterocycles. The maximum atomic E-state index is 11.9. The van der Waals surface area contributed by atoms with Gasteiger partial charge in [0.1, 0.15) is 0 Å². The normalized spacial score (nSPS) is 11.1. The number of benzene rings is 1. The Kier molecular flexibility index (Phi) is 4.41. The van der Waals surface area contributed by atoms with Gasteiger partial charge in [0.2, 0.25) is 5.01 Å². The molecule has 6 heteroatoms. The van der Waals surface area contributed by atoms with Crippen LogP contribution in [0.5, 0.6) is 0 Å². The zero-order chi connectivity index (χ0) is 17.4. The molecule has 0 bridgehead atoms. The Bertz CT molecular complexity index is 1020. The smallest absolute Gasteiger partial charge is 0.367 e. The van der Waals surface area contributed by atoms with E-state index >= 15 is 0 Å². The molecule has 3 aromatic heterocycles. The molecule has 0 unspecified atom stereocenters. The van der Waals surface area contributed by atoms with Crippen LogP contribution in [0.1, 0.15) is 22.4 Å². The van der Waals surface area contributed by atoms with E-state index in [2.05, 4.69) is 47.4 Å². The first-order chi connectivity index (χ1) is 12.2. The fraction of sp³-hybridized carbons (Fsp3) is 0.158. The quantitative estimate of drug-likeness (QED) is 0.390. The highest BCUT2D eigenvalue weighted by molar-refractivity contribution is 7.28. The van der Waals surface area contributed by atoms with Crippen molar-refractivity contribution >= 4 is 50.1 Å². The number of nitrogens with zero attached hydrogens (tertiary/aromatic N) is 1. The van der Waals surface area contributed by atoms with Crippen molar-refractivity contribution in [2.75, 3.05) is 6.61 Å². The number of aryl methyl sites for hydroxylation is 1. The summed E-state index contributed by atoms with van der Waals surface area (Å²) in [5, 5.41) is 1.70. The van der Waals surface area contributed by atoms with Crippen LogP contribution in [0.4, 0.5) is 0 Å². The summed E-state index contributed by atoms with van der Waals surface area (Å²) >= 11 is 4.94. The molecule has 0 atom stereocenters. The van der Waals surface area contributed by atoms with Gasteiger partial charge in [-0.2, -0.15) is 0 Å². The van der Waals surface area contributed by atoms with Crippen LogP contribution in [0.15, 0.2) is 42.5 Å². The Morgan fingerprint density at radius 2 is 1.84 bits per heavy atom. The van der Waals surface area contributed by atoms with Gasteiger partial charge in [-0.1, -0.05) is 18.2 Å². The third-order valence-electron chi connectivity index (χ3n) is 3.74. The van der Waals surface area contributed by atoms with Crippen molar-refractivity contribution in [2.24, 2.45) is 0 Å². The van der Waals surface area contributed by atoms with E-state index in [4.69, 9.17) is 4.74 Å². The van der Waals surface area contributed by atoms with Gasteiger partial charge in [-0.25, -0.2) is 9.78 Å². The first kappa shape index (κ1) is 16.4. The molecule has 3 nitrogen and oxygen atoms in total. The molecule has 126 valence electrons. The van der Waals surface area contributed by atoms with Crippen LogP contribution in [0, 0.1) is 6.92 Å². The van der Waals surface area contributed by atoms with Gasteiger partial charge in [-0.15, -0.1) is 34.0 Å². The number of thiazole rings is 1. The van der Waals surface area contributed by atoms with Crippen LogP contribution in [-0.4, -0.2) is 17.6 Å². The number of rotatable bonds is 4. The molecule has 4 aromatic rings. The Morgan fingerprint density at radius 1 is 1.04 bits per heavy atom. The first-order valence-electron chi connectivity index (χ1n) is 7.89.